The van der Waals surface area contributed by atoms with Crippen LogP contribution in [0.2, 0.25) is 0 Å². The van der Waals surface area contributed by atoms with E-state index in [0.717, 1.165) is 20.8 Å². The van der Waals surface area contributed by atoms with Crippen molar-refractivity contribution in [3.05, 3.63) is 60.5 Å². The van der Waals surface area contributed by atoms with Gasteiger partial charge in [-0.2, -0.15) is 0 Å². The lowest BCUT2D eigenvalue weighted by Gasteiger charge is -2.14. The first-order valence-electron chi connectivity index (χ1n) is 9.47. The van der Waals surface area contributed by atoms with Crippen molar-refractivity contribution in [1.29, 1.82) is 0 Å². The number of hydrogen-bond acceptors (Lipinski definition) is 5. The molecule has 0 aliphatic carbocycles. The van der Waals surface area contributed by atoms with E-state index in [-0.39, 0.29) is 5.91 Å². The SMILES string of the molecule is CCN=C1S/C(=C\c2cc(Br)c(OCc3ccc(I)cc3)c(OC)c2)C(=O)N1CC. The summed E-state index contributed by atoms with van der Waals surface area (Å²) in [4.78, 5) is 19.5. The summed E-state index contributed by atoms with van der Waals surface area (Å²) in [6, 6.07) is 12.0. The van der Waals surface area contributed by atoms with E-state index < -0.39 is 0 Å². The molecule has 1 saturated heterocycles. The third-order valence-corrected chi connectivity index (χ3v) is 6.70. The topological polar surface area (TPSA) is 51.1 Å². The molecular weight excluding hydrogens is 579 g/mol. The number of amidine groups is 1. The van der Waals surface area contributed by atoms with E-state index >= 15 is 0 Å². The number of hydrogen-bond donors (Lipinski definition) is 0. The second-order valence-electron chi connectivity index (χ2n) is 6.37. The zero-order chi connectivity index (χ0) is 21.7. The van der Waals surface area contributed by atoms with Gasteiger partial charge in [0, 0.05) is 16.7 Å². The molecule has 0 atom stereocenters. The van der Waals surface area contributed by atoms with Crippen LogP contribution in [0, 0.1) is 3.57 Å². The molecule has 8 heteroatoms. The van der Waals surface area contributed by atoms with E-state index in [4.69, 9.17) is 9.47 Å². The molecule has 3 rings (SSSR count). The molecule has 1 amide bonds. The average molecular weight is 601 g/mol. The zero-order valence-corrected chi connectivity index (χ0v) is 21.5. The Morgan fingerprint density at radius 1 is 1.23 bits per heavy atom. The van der Waals surface area contributed by atoms with Gasteiger partial charge in [0.2, 0.25) is 0 Å². The van der Waals surface area contributed by atoms with Crippen LogP contribution < -0.4 is 9.47 Å². The number of carbonyl (C=O) groups is 1. The molecule has 0 spiro atoms. The first kappa shape index (κ1) is 23.1. The van der Waals surface area contributed by atoms with Crippen LogP contribution in [-0.4, -0.2) is 36.2 Å². The van der Waals surface area contributed by atoms with Gasteiger partial charge in [-0.25, -0.2) is 0 Å². The number of thioether (sulfide) groups is 1. The second-order valence-corrected chi connectivity index (χ2v) is 9.48. The van der Waals surface area contributed by atoms with Gasteiger partial charge in [-0.1, -0.05) is 12.1 Å². The molecule has 0 N–H and O–H groups in total. The fraction of sp³-hybridized carbons (Fsp3) is 0.273. The van der Waals surface area contributed by atoms with Crippen LogP contribution in [0.4, 0.5) is 0 Å². The largest absolute Gasteiger partial charge is 0.493 e. The highest BCUT2D eigenvalue weighted by atomic mass is 127. The molecular formula is C22H22BrIN2O3S. The van der Waals surface area contributed by atoms with Crippen molar-refractivity contribution in [3.63, 3.8) is 0 Å². The Morgan fingerprint density at radius 3 is 2.60 bits per heavy atom. The third-order valence-electron chi connectivity index (χ3n) is 4.34. The van der Waals surface area contributed by atoms with Crippen LogP contribution in [0.1, 0.15) is 25.0 Å². The molecule has 1 fully saturated rings. The summed E-state index contributed by atoms with van der Waals surface area (Å²) in [5.41, 5.74) is 1.93. The lowest BCUT2D eigenvalue weighted by atomic mass is 10.1. The number of benzene rings is 2. The van der Waals surface area contributed by atoms with Crippen molar-refractivity contribution in [2.75, 3.05) is 20.2 Å². The minimum atomic E-state index is -0.0242. The second kappa shape index (κ2) is 10.7. The highest BCUT2D eigenvalue weighted by molar-refractivity contribution is 14.1. The highest BCUT2D eigenvalue weighted by Gasteiger charge is 2.31. The van der Waals surface area contributed by atoms with Gasteiger partial charge in [0.15, 0.2) is 16.7 Å². The minimum absolute atomic E-state index is 0.0242. The van der Waals surface area contributed by atoms with Gasteiger partial charge in [-0.05, 0) is 106 Å². The van der Waals surface area contributed by atoms with E-state index in [9.17, 15) is 4.79 Å². The number of halogens is 2. The normalized spacial score (nSPS) is 16.6. The van der Waals surface area contributed by atoms with Crippen molar-refractivity contribution < 1.29 is 14.3 Å². The van der Waals surface area contributed by atoms with Gasteiger partial charge in [-0.3, -0.25) is 14.7 Å². The van der Waals surface area contributed by atoms with Crippen LogP contribution in [-0.2, 0) is 11.4 Å². The Morgan fingerprint density at radius 2 is 1.97 bits per heavy atom. The zero-order valence-electron chi connectivity index (χ0n) is 16.9. The Balaban J connectivity index is 1.84. The minimum Gasteiger partial charge on any atom is -0.493 e. The Labute approximate surface area is 203 Å². The van der Waals surface area contributed by atoms with Crippen molar-refractivity contribution in [2.24, 2.45) is 4.99 Å². The van der Waals surface area contributed by atoms with Crippen LogP contribution in [0.15, 0.2) is 50.8 Å². The van der Waals surface area contributed by atoms with E-state index in [0.29, 0.717) is 36.1 Å². The van der Waals surface area contributed by atoms with Crippen molar-refractivity contribution >= 4 is 67.4 Å². The quantitative estimate of drug-likeness (QED) is 0.291. The molecule has 0 aromatic heterocycles. The van der Waals surface area contributed by atoms with E-state index in [2.05, 4.69) is 43.5 Å². The highest BCUT2D eigenvalue weighted by Crippen LogP contribution is 2.39. The van der Waals surface area contributed by atoms with Gasteiger partial charge in [-0.15, -0.1) is 0 Å². The number of ether oxygens (including phenoxy) is 2. The monoisotopic (exact) mass is 600 g/mol. The van der Waals surface area contributed by atoms with Crippen LogP contribution in [0.3, 0.4) is 0 Å². The first-order chi connectivity index (χ1) is 14.5. The van der Waals surface area contributed by atoms with Gasteiger partial charge < -0.3 is 9.47 Å². The molecule has 1 aliphatic heterocycles. The molecule has 0 unspecified atom stereocenters. The standard InChI is InChI=1S/C22H22BrIN2O3S/c1-4-25-22-26(5-2)21(27)19(30-22)12-15-10-17(23)20(18(11-15)28-3)29-13-14-6-8-16(24)9-7-14/h6-12H,4-5,13H2,1-3H3/b19-12-,25-22?. The number of rotatable bonds is 7. The fourth-order valence-corrected chi connectivity index (χ4v) is 4.93. The van der Waals surface area contributed by atoms with Gasteiger partial charge in [0.05, 0.1) is 16.5 Å². The fourth-order valence-electron chi connectivity index (χ4n) is 2.89. The molecule has 1 aliphatic rings. The van der Waals surface area contributed by atoms with Crippen LogP contribution >= 0.6 is 50.3 Å². The van der Waals surface area contributed by atoms with E-state index in [1.165, 1.54) is 15.3 Å². The number of likely N-dealkylation sites (N-methyl/N-ethyl adjacent to an activating group) is 1. The maximum atomic E-state index is 12.7. The molecule has 2 aromatic rings. The summed E-state index contributed by atoms with van der Waals surface area (Å²) in [6.07, 6.45) is 1.87. The number of carbonyl (C=O) groups excluding carboxylic acids is 1. The Hall–Kier alpha value is -1.52. The maximum Gasteiger partial charge on any atom is 0.266 e. The summed E-state index contributed by atoms with van der Waals surface area (Å²) >= 11 is 7.27. The number of amides is 1. The summed E-state index contributed by atoms with van der Waals surface area (Å²) in [6.45, 7) is 5.59. The Bertz CT molecular complexity index is 993. The molecule has 0 bridgehead atoms. The number of aliphatic imine (C=N–C) groups is 1. The summed E-state index contributed by atoms with van der Waals surface area (Å²) in [7, 11) is 1.61. The van der Waals surface area contributed by atoms with E-state index in [1.54, 1.807) is 12.0 Å². The van der Waals surface area contributed by atoms with Gasteiger partial charge >= 0.3 is 0 Å². The average Bonchev–Trinajstić information content (AvgIpc) is 3.02. The molecule has 5 nitrogen and oxygen atoms in total. The summed E-state index contributed by atoms with van der Waals surface area (Å²) in [5, 5.41) is 0.750. The number of methoxy groups -OCH3 is 1. The first-order valence-corrected chi connectivity index (χ1v) is 12.2. The van der Waals surface area contributed by atoms with Crippen molar-refractivity contribution in [2.45, 2.75) is 20.5 Å². The van der Waals surface area contributed by atoms with Crippen LogP contribution in [0.5, 0.6) is 11.5 Å². The third kappa shape index (κ3) is 5.39. The molecule has 1 heterocycles. The van der Waals surface area contributed by atoms with Gasteiger partial charge in [0.1, 0.15) is 6.61 Å². The molecule has 30 heavy (non-hydrogen) atoms. The molecule has 0 radical (unpaired) electrons. The number of nitrogens with zero attached hydrogens (tertiary/aromatic N) is 2. The molecule has 158 valence electrons. The van der Waals surface area contributed by atoms with Crippen molar-refractivity contribution in [1.82, 2.24) is 4.90 Å². The Kier molecular flexibility index (Phi) is 8.24. The van der Waals surface area contributed by atoms with Crippen LogP contribution in [0.25, 0.3) is 6.08 Å². The lowest BCUT2D eigenvalue weighted by molar-refractivity contribution is -0.122. The van der Waals surface area contributed by atoms with Gasteiger partial charge in [0.25, 0.3) is 5.91 Å². The predicted octanol–water partition coefficient (Wildman–Crippen LogP) is 5.95. The summed E-state index contributed by atoms with van der Waals surface area (Å²) < 4.78 is 13.5. The lowest BCUT2D eigenvalue weighted by Crippen LogP contribution is -2.28. The van der Waals surface area contributed by atoms with E-state index in [1.807, 2.05) is 56.3 Å². The molecule has 0 saturated carbocycles. The summed E-state index contributed by atoms with van der Waals surface area (Å²) in [5.74, 6) is 1.21. The smallest absolute Gasteiger partial charge is 0.266 e. The molecule has 2 aromatic carbocycles. The van der Waals surface area contributed by atoms with Crippen molar-refractivity contribution in [3.8, 4) is 11.5 Å². The maximum absolute atomic E-state index is 12.7. The predicted molar refractivity (Wildman–Crippen MR) is 135 cm³/mol.